The molecule has 1 N–H and O–H groups in total. The number of carbonyl (C=O) groups is 2. The van der Waals surface area contributed by atoms with Crippen molar-refractivity contribution in [3.05, 3.63) is 29.6 Å². The van der Waals surface area contributed by atoms with Crippen molar-refractivity contribution in [2.45, 2.75) is 6.54 Å². The number of alkyl carbamates (subject to hydrolysis) is 1. The summed E-state index contributed by atoms with van der Waals surface area (Å²) >= 11 is 0. The maximum atomic E-state index is 11.7. The zero-order valence-electron chi connectivity index (χ0n) is 10.1. The quantitative estimate of drug-likeness (QED) is 0.837. The molecule has 6 nitrogen and oxygen atoms in total. The van der Waals surface area contributed by atoms with Gasteiger partial charge in [-0.25, -0.2) is 4.79 Å². The van der Waals surface area contributed by atoms with Crippen molar-refractivity contribution in [3.63, 3.8) is 0 Å². The van der Waals surface area contributed by atoms with Gasteiger partial charge in [-0.3, -0.25) is 9.78 Å². The molecule has 0 aliphatic heterocycles. The number of pyridine rings is 1. The third-order valence-corrected chi connectivity index (χ3v) is 2.07. The normalized spacial score (nSPS) is 9.59. The first-order chi connectivity index (χ1) is 8.04. The van der Waals surface area contributed by atoms with Crippen LogP contribution in [0, 0.1) is 0 Å². The number of aromatic nitrogens is 1. The van der Waals surface area contributed by atoms with Crippen LogP contribution in [0.25, 0.3) is 0 Å². The molecule has 6 heteroatoms. The number of rotatable bonds is 3. The molecular formula is C11H15N3O3. The van der Waals surface area contributed by atoms with Gasteiger partial charge in [-0.15, -0.1) is 0 Å². The van der Waals surface area contributed by atoms with E-state index in [4.69, 9.17) is 0 Å². The highest BCUT2D eigenvalue weighted by atomic mass is 16.5. The Bertz CT molecular complexity index is 418. The second-order valence-corrected chi connectivity index (χ2v) is 3.58. The smallest absolute Gasteiger partial charge is 0.407 e. The molecule has 92 valence electrons. The molecule has 0 saturated heterocycles. The first-order valence-corrected chi connectivity index (χ1v) is 5.03. The molecule has 17 heavy (non-hydrogen) atoms. The van der Waals surface area contributed by atoms with Gasteiger partial charge in [-0.1, -0.05) is 0 Å². The van der Waals surface area contributed by atoms with Crippen LogP contribution in [-0.2, 0) is 11.3 Å². The Morgan fingerprint density at radius 3 is 2.76 bits per heavy atom. The molecule has 0 saturated carbocycles. The summed E-state index contributed by atoms with van der Waals surface area (Å²) in [6, 6.07) is 3.27. The van der Waals surface area contributed by atoms with Crippen molar-refractivity contribution in [3.8, 4) is 0 Å². The van der Waals surface area contributed by atoms with Crippen molar-refractivity contribution >= 4 is 12.0 Å². The molecule has 2 amide bonds. The lowest BCUT2D eigenvalue weighted by atomic mass is 10.2. The van der Waals surface area contributed by atoms with Crippen molar-refractivity contribution in [2.24, 2.45) is 0 Å². The summed E-state index contributed by atoms with van der Waals surface area (Å²) in [5.41, 5.74) is 1.13. The minimum atomic E-state index is -0.531. The topological polar surface area (TPSA) is 71.5 Å². The van der Waals surface area contributed by atoms with Gasteiger partial charge < -0.3 is 15.0 Å². The Labute approximate surface area is 99.6 Å². The summed E-state index contributed by atoms with van der Waals surface area (Å²) in [4.78, 5) is 28.1. The zero-order chi connectivity index (χ0) is 12.8. The van der Waals surface area contributed by atoms with Gasteiger partial charge in [0.15, 0.2) is 0 Å². The molecule has 0 aliphatic rings. The molecule has 0 atom stereocenters. The van der Waals surface area contributed by atoms with E-state index in [1.165, 1.54) is 18.2 Å². The number of carbonyl (C=O) groups excluding carboxylic acids is 2. The molecule has 1 aromatic heterocycles. The van der Waals surface area contributed by atoms with Gasteiger partial charge in [0.2, 0.25) is 0 Å². The second-order valence-electron chi connectivity index (χ2n) is 3.58. The van der Waals surface area contributed by atoms with Crippen molar-refractivity contribution in [1.82, 2.24) is 15.2 Å². The highest BCUT2D eigenvalue weighted by Gasteiger charge is 2.09. The number of nitrogens with one attached hydrogen (secondary N) is 1. The van der Waals surface area contributed by atoms with E-state index in [9.17, 15) is 9.59 Å². The summed E-state index contributed by atoms with van der Waals surface area (Å²) < 4.78 is 4.43. The van der Waals surface area contributed by atoms with E-state index < -0.39 is 6.09 Å². The van der Waals surface area contributed by atoms with Gasteiger partial charge in [0.1, 0.15) is 0 Å². The molecule has 1 rings (SSSR count). The SMILES string of the molecule is COC(=O)NCc1cc(C(=O)N(C)C)ccn1. The van der Waals surface area contributed by atoms with Crippen molar-refractivity contribution in [2.75, 3.05) is 21.2 Å². The number of ether oxygens (including phenoxy) is 1. The van der Waals surface area contributed by atoms with Gasteiger partial charge in [-0.05, 0) is 12.1 Å². The van der Waals surface area contributed by atoms with Gasteiger partial charge in [-0.2, -0.15) is 0 Å². The van der Waals surface area contributed by atoms with Crippen LogP contribution in [0.1, 0.15) is 16.1 Å². The molecule has 0 bridgehead atoms. The fraction of sp³-hybridized carbons (Fsp3) is 0.364. The summed E-state index contributed by atoms with van der Waals surface area (Å²) in [7, 11) is 4.64. The van der Waals surface area contributed by atoms with Crippen LogP contribution in [0.4, 0.5) is 4.79 Å². The van der Waals surface area contributed by atoms with Gasteiger partial charge in [0.05, 0.1) is 19.3 Å². The van der Waals surface area contributed by atoms with E-state index in [0.717, 1.165) is 0 Å². The van der Waals surface area contributed by atoms with Crippen molar-refractivity contribution in [1.29, 1.82) is 0 Å². The Hall–Kier alpha value is -2.11. The van der Waals surface area contributed by atoms with Gasteiger partial charge in [0.25, 0.3) is 5.91 Å². The number of nitrogens with zero attached hydrogens (tertiary/aromatic N) is 2. The summed E-state index contributed by atoms with van der Waals surface area (Å²) in [6.45, 7) is 0.223. The van der Waals surface area contributed by atoms with Crippen LogP contribution in [-0.4, -0.2) is 43.1 Å². The molecule has 0 radical (unpaired) electrons. The Balaban J connectivity index is 2.72. The monoisotopic (exact) mass is 237 g/mol. The first-order valence-electron chi connectivity index (χ1n) is 5.03. The lowest BCUT2D eigenvalue weighted by molar-refractivity contribution is 0.0827. The number of methoxy groups -OCH3 is 1. The standard InChI is InChI=1S/C11H15N3O3/c1-14(2)10(15)8-4-5-12-9(6-8)7-13-11(16)17-3/h4-6H,7H2,1-3H3,(H,13,16). The Kier molecular flexibility index (Phi) is 4.45. The van der Waals surface area contributed by atoms with E-state index in [0.29, 0.717) is 11.3 Å². The van der Waals surface area contributed by atoms with Crippen LogP contribution in [0.2, 0.25) is 0 Å². The predicted molar refractivity (Wildman–Crippen MR) is 61.5 cm³/mol. The molecule has 0 aliphatic carbocycles. The van der Waals surface area contributed by atoms with E-state index in [2.05, 4.69) is 15.0 Å². The summed E-state index contributed by atoms with van der Waals surface area (Å²) in [5, 5.41) is 2.50. The maximum Gasteiger partial charge on any atom is 0.407 e. The van der Waals surface area contributed by atoms with Gasteiger partial charge >= 0.3 is 6.09 Å². The van der Waals surface area contributed by atoms with E-state index in [-0.39, 0.29) is 12.5 Å². The molecule has 0 aromatic carbocycles. The number of hydrogen-bond acceptors (Lipinski definition) is 4. The zero-order valence-corrected chi connectivity index (χ0v) is 10.1. The molecule has 0 spiro atoms. The fourth-order valence-corrected chi connectivity index (χ4v) is 1.20. The van der Waals surface area contributed by atoms with Crippen LogP contribution < -0.4 is 5.32 Å². The van der Waals surface area contributed by atoms with Gasteiger partial charge in [0, 0.05) is 25.9 Å². The van der Waals surface area contributed by atoms with Crippen LogP contribution in [0.3, 0.4) is 0 Å². The number of hydrogen-bond donors (Lipinski definition) is 1. The first kappa shape index (κ1) is 13.0. The molecule has 0 fully saturated rings. The minimum absolute atomic E-state index is 0.105. The lowest BCUT2D eigenvalue weighted by Gasteiger charge is -2.10. The lowest BCUT2D eigenvalue weighted by Crippen LogP contribution is -2.24. The predicted octanol–water partition coefficient (Wildman–Crippen LogP) is 0.639. The molecule has 0 unspecified atom stereocenters. The van der Waals surface area contributed by atoms with E-state index in [1.54, 1.807) is 26.2 Å². The van der Waals surface area contributed by atoms with E-state index in [1.807, 2.05) is 0 Å². The van der Waals surface area contributed by atoms with Crippen LogP contribution in [0.5, 0.6) is 0 Å². The van der Waals surface area contributed by atoms with Crippen LogP contribution >= 0.6 is 0 Å². The maximum absolute atomic E-state index is 11.7. The summed E-state index contributed by atoms with van der Waals surface area (Å²) in [5.74, 6) is -0.105. The minimum Gasteiger partial charge on any atom is -0.453 e. The van der Waals surface area contributed by atoms with E-state index >= 15 is 0 Å². The average Bonchev–Trinajstić information content (AvgIpc) is 2.35. The van der Waals surface area contributed by atoms with Crippen LogP contribution in [0.15, 0.2) is 18.3 Å². The highest BCUT2D eigenvalue weighted by molar-refractivity contribution is 5.93. The molecular weight excluding hydrogens is 222 g/mol. The molecule has 1 aromatic rings. The second kappa shape index (κ2) is 5.83. The average molecular weight is 237 g/mol. The number of amides is 2. The third kappa shape index (κ3) is 3.75. The Morgan fingerprint density at radius 1 is 1.47 bits per heavy atom. The molecule has 1 heterocycles. The highest BCUT2D eigenvalue weighted by Crippen LogP contribution is 2.04. The van der Waals surface area contributed by atoms with Crippen molar-refractivity contribution < 1.29 is 14.3 Å². The summed E-state index contributed by atoms with van der Waals surface area (Å²) in [6.07, 6.45) is 1.00. The largest absolute Gasteiger partial charge is 0.453 e. The third-order valence-electron chi connectivity index (χ3n) is 2.07. The fourth-order valence-electron chi connectivity index (χ4n) is 1.20. The Morgan fingerprint density at radius 2 is 2.18 bits per heavy atom.